The van der Waals surface area contributed by atoms with Crippen LogP contribution in [0.5, 0.6) is 0 Å². The molecule has 0 unspecified atom stereocenters. The first-order valence-electron chi connectivity index (χ1n) is 5.32. The summed E-state index contributed by atoms with van der Waals surface area (Å²) >= 11 is 6.08. The van der Waals surface area contributed by atoms with Gasteiger partial charge in [-0.1, -0.05) is 41.9 Å². The van der Waals surface area contributed by atoms with Crippen molar-refractivity contribution in [2.24, 2.45) is 0 Å². The number of hydrogen-bond acceptors (Lipinski definition) is 3. The third-order valence-corrected chi connectivity index (χ3v) is 2.93. The van der Waals surface area contributed by atoms with Crippen molar-refractivity contribution in [3.63, 3.8) is 0 Å². The van der Waals surface area contributed by atoms with Crippen molar-refractivity contribution in [2.45, 2.75) is 19.9 Å². The van der Waals surface area contributed by atoms with Crippen LogP contribution in [-0.2, 0) is 13.0 Å². The first kappa shape index (κ1) is 11.6. The van der Waals surface area contributed by atoms with E-state index in [1.54, 1.807) is 4.68 Å². The zero-order valence-electron chi connectivity index (χ0n) is 9.39. The van der Waals surface area contributed by atoms with Crippen molar-refractivity contribution in [1.82, 2.24) is 15.0 Å². The van der Waals surface area contributed by atoms with Crippen molar-refractivity contribution in [2.75, 3.05) is 0 Å². The molecule has 1 heterocycles. The Labute approximate surface area is 104 Å². The lowest BCUT2D eigenvalue weighted by Gasteiger charge is -2.06. The molecule has 0 aliphatic rings. The summed E-state index contributed by atoms with van der Waals surface area (Å²) in [4.78, 5) is 0. The Morgan fingerprint density at radius 3 is 2.82 bits per heavy atom. The number of halogens is 1. The smallest absolute Gasteiger partial charge is 0.185 e. The van der Waals surface area contributed by atoms with Gasteiger partial charge in [0.25, 0.3) is 0 Å². The molecule has 1 aromatic carbocycles. The molecule has 0 saturated heterocycles. The summed E-state index contributed by atoms with van der Waals surface area (Å²) in [6.45, 7) is 2.51. The molecule has 4 nitrogen and oxygen atoms in total. The molecule has 0 amide bonds. The van der Waals surface area contributed by atoms with Crippen LogP contribution in [0, 0.1) is 11.3 Å². The summed E-state index contributed by atoms with van der Waals surface area (Å²) in [7, 11) is 0. The van der Waals surface area contributed by atoms with Gasteiger partial charge in [-0.2, -0.15) is 5.26 Å². The van der Waals surface area contributed by atoms with Crippen LogP contribution in [0.25, 0.3) is 0 Å². The molecule has 0 aliphatic heterocycles. The van der Waals surface area contributed by atoms with Gasteiger partial charge < -0.3 is 0 Å². The molecular weight excluding hydrogens is 236 g/mol. The quantitative estimate of drug-likeness (QED) is 0.836. The van der Waals surface area contributed by atoms with Gasteiger partial charge in [-0.05, 0) is 18.1 Å². The summed E-state index contributed by atoms with van der Waals surface area (Å²) in [5.41, 5.74) is 2.20. The normalized spacial score (nSPS) is 10.2. The van der Waals surface area contributed by atoms with Gasteiger partial charge in [-0.3, -0.25) is 0 Å². The molecule has 0 radical (unpaired) electrons. The van der Waals surface area contributed by atoms with Crippen molar-refractivity contribution >= 4 is 11.6 Å². The lowest BCUT2D eigenvalue weighted by Crippen LogP contribution is -2.06. The van der Waals surface area contributed by atoms with Crippen LogP contribution in [0.15, 0.2) is 24.3 Å². The van der Waals surface area contributed by atoms with Crippen LogP contribution >= 0.6 is 11.6 Å². The number of rotatable bonds is 3. The Balaban J connectivity index is 2.34. The van der Waals surface area contributed by atoms with Gasteiger partial charge in [0.15, 0.2) is 5.69 Å². The van der Waals surface area contributed by atoms with Gasteiger partial charge in [0.05, 0.1) is 12.2 Å². The van der Waals surface area contributed by atoms with Crippen molar-refractivity contribution in [3.05, 3.63) is 46.2 Å². The molecule has 0 aliphatic carbocycles. The number of nitrogens with zero attached hydrogens (tertiary/aromatic N) is 4. The molecule has 1 aromatic heterocycles. The fourth-order valence-corrected chi connectivity index (χ4v) is 1.88. The predicted molar refractivity (Wildman–Crippen MR) is 64.7 cm³/mol. The molecule has 0 atom stereocenters. The van der Waals surface area contributed by atoms with Gasteiger partial charge >= 0.3 is 0 Å². The summed E-state index contributed by atoms with van der Waals surface area (Å²) in [5, 5.41) is 17.4. The van der Waals surface area contributed by atoms with E-state index in [1.807, 2.05) is 37.3 Å². The van der Waals surface area contributed by atoms with Crippen molar-refractivity contribution < 1.29 is 0 Å². The van der Waals surface area contributed by atoms with Crippen LogP contribution < -0.4 is 0 Å². The third kappa shape index (κ3) is 2.29. The van der Waals surface area contributed by atoms with Crippen molar-refractivity contribution in [3.8, 4) is 6.07 Å². The Morgan fingerprint density at radius 2 is 2.18 bits per heavy atom. The second kappa shape index (κ2) is 4.98. The lowest BCUT2D eigenvalue weighted by molar-refractivity contribution is 0.622. The van der Waals surface area contributed by atoms with E-state index in [4.69, 9.17) is 16.9 Å². The first-order valence-corrected chi connectivity index (χ1v) is 5.70. The second-order valence-corrected chi connectivity index (χ2v) is 4.01. The molecule has 0 fully saturated rings. The second-order valence-electron chi connectivity index (χ2n) is 3.60. The molecule has 0 N–H and O–H groups in total. The van der Waals surface area contributed by atoms with E-state index in [1.165, 1.54) is 0 Å². The van der Waals surface area contributed by atoms with Crippen LogP contribution in [-0.4, -0.2) is 15.0 Å². The molecule has 5 heteroatoms. The highest BCUT2D eigenvalue weighted by Crippen LogP contribution is 2.17. The summed E-state index contributed by atoms with van der Waals surface area (Å²) < 4.78 is 1.72. The predicted octanol–water partition coefficient (Wildman–Crippen LogP) is 2.41. The van der Waals surface area contributed by atoms with E-state index < -0.39 is 0 Å². The molecule has 17 heavy (non-hydrogen) atoms. The molecular formula is C12H11ClN4. The van der Waals surface area contributed by atoms with Gasteiger partial charge in [-0.25, -0.2) is 4.68 Å². The monoisotopic (exact) mass is 246 g/mol. The van der Waals surface area contributed by atoms with Crippen LogP contribution in [0.1, 0.15) is 23.9 Å². The van der Waals surface area contributed by atoms with E-state index in [0.717, 1.165) is 17.7 Å². The van der Waals surface area contributed by atoms with E-state index >= 15 is 0 Å². The number of nitriles is 1. The van der Waals surface area contributed by atoms with Crippen molar-refractivity contribution in [1.29, 1.82) is 5.26 Å². The zero-order chi connectivity index (χ0) is 12.3. The topological polar surface area (TPSA) is 54.5 Å². The SMILES string of the molecule is CCc1c(C#N)nnn1Cc1ccccc1Cl. The lowest BCUT2D eigenvalue weighted by atomic mass is 10.2. The van der Waals surface area contributed by atoms with Gasteiger partial charge in [-0.15, -0.1) is 5.10 Å². The molecule has 0 spiro atoms. The zero-order valence-corrected chi connectivity index (χ0v) is 10.1. The minimum Gasteiger partial charge on any atom is -0.244 e. The Hall–Kier alpha value is -1.86. The highest BCUT2D eigenvalue weighted by atomic mass is 35.5. The highest BCUT2D eigenvalue weighted by Gasteiger charge is 2.11. The Bertz CT molecular complexity index is 568. The number of benzene rings is 1. The average molecular weight is 247 g/mol. The van der Waals surface area contributed by atoms with Crippen LogP contribution in [0.2, 0.25) is 5.02 Å². The van der Waals surface area contributed by atoms with Gasteiger partial charge in [0.2, 0.25) is 0 Å². The Morgan fingerprint density at radius 1 is 1.41 bits per heavy atom. The van der Waals surface area contributed by atoms with Crippen LogP contribution in [0.3, 0.4) is 0 Å². The number of hydrogen-bond donors (Lipinski definition) is 0. The molecule has 86 valence electrons. The first-order chi connectivity index (χ1) is 8.26. The standard InChI is InChI=1S/C12H11ClN4/c1-2-12-11(7-14)15-16-17(12)8-9-5-3-4-6-10(9)13/h3-6H,2,8H2,1H3. The fraction of sp³-hybridized carbons (Fsp3) is 0.250. The summed E-state index contributed by atoms with van der Waals surface area (Å²) in [6, 6.07) is 9.63. The number of aromatic nitrogens is 3. The van der Waals surface area contributed by atoms with Gasteiger partial charge in [0.1, 0.15) is 6.07 Å². The van der Waals surface area contributed by atoms with E-state index in [9.17, 15) is 0 Å². The largest absolute Gasteiger partial charge is 0.244 e. The Kier molecular flexibility index (Phi) is 3.40. The third-order valence-electron chi connectivity index (χ3n) is 2.56. The maximum atomic E-state index is 8.89. The van der Waals surface area contributed by atoms with E-state index in [-0.39, 0.29) is 0 Å². The molecule has 2 aromatic rings. The minimum absolute atomic E-state index is 0.388. The van der Waals surface area contributed by atoms with Gasteiger partial charge in [0, 0.05) is 5.02 Å². The fourth-order valence-electron chi connectivity index (χ4n) is 1.68. The maximum absolute atomic E-state index is 8.89. The minimum atomic E-state index is 0.388. The van der Waals surface area contributed by atoms with E-state index in [0.29, 0.717) is 17.3 Å². The summed E-state index contributed by atoms with van der Waals surface area (Å²) in [5.74, 6) is 0. The average Bonchev–Trinajstić information content (AvgIpc) is 2.74. The molecule has 2 rings (SSSR count). The summed E-state index contributed by atoms with van der Waals surface area (Å²) in [6.07, 6.45) is 0.723. The van der Waals surface area contributed by atoms with E-state index in [2.05, 4.69) is 10.3 Å². The molecule has 0 bridgehead atoms. The maximum Gasteiger partial charge on any atom is 0.185 e. The van der Waals surface area contributed by atoms with Crippen LogP contribution in [0.4, 0.5) is 0 Å². The molecule has 0 saturated carbocycles. The highest BCUT2D eigenvalue weighted by molar-refractivity contribution is 6.31.